The van der Waals surface area contributed by atoms with Crippen molar-refractivity contribution < 1.29 is 9.59 Å². The van der Waals surface area contributed by atoms with Crippen LogP contribution in [-0.2, 0) is 9.59 Å². The first kappa shape index (κ1) is 61.2. The van der Waals surface area contributed by atoms with Crippen LogP contribution in [0.2, 0.25) is 30.5 Å². The number of nitrogens with one attached hydrogen (secondary N) is 3. The van der Waals surface area contributed by atoms with Gasteiger partial charge in [-0.15, -0.1) is 0 Å². The minimum atomic E-state index is -0.586. The topological polar surface area (TPSA) is 305 Å². The van der Waals surface area contributed by atoms with E-state index in [1.165, 1.54) is 6.07 Å². The van der Waals surface area contributed by atoms with Crippen LogP contribution in [0, 0.1) is 41.5 Å². The molecule has 6 heterocycles. The standard InChI is InChI=1S/C18H20ClN7O.C15H13Cl2N5.C9H8Cl2N4.C6H6ClN.C3H8N2O/c1-10-8-11(2)26(25-10)18-23-15(21-12(3)17(20)27)9-16(24-18)22-14-6-4-13(19)5-7-14;1-9-7-10(2)22(21-9)15-19-13(17)8-14(20-15)18-12-5-3-11(16)4-6-12;1-5-3-6(2)15(14-5)9-12-7(10)4-8(11)13-9;7-5-1-3-6(8)4-2-5;1-2(4)3(5)6/h4-9,12H,1-3H3,(H2,20,27)(H2,21,22,23,24);3-8H,1-2H3,(H,18,19,20);3-4H,1-2H3;1-4H,8H2;2H,4H2,1H3,(H2,5,6). The largest absolute Gasteiger partial charge is 0.399 e. The van der Waals surface area contributed by atoms with Gasteiger partial charge >= 0.3 is 0 Å². The van der Waals surface area contributed by atoms with Gasteiger partial charge in [0.15, 0.2) is 0 Å². The van der Waals surface area contributed by atoms with E-state index in [0.717, 1.165) is 56.2 Å². The fraction of sp³-hybridized carbons (Fsp3) is 0.196. The van der Waals surface area contributed by atoms with E-state index in [2.05, 4.69) is 66.9 Å². The monoisotopic (exact) mass is 1180 g/mol. The van der Waals surface area contributed by atoms with Crippen LogP contribution < -0.4 is 38.9 Å². The first-order valence-electron chi connectivity index (χ1n) is 23.2. The van der Waals surface area contributed by atoms with Gasteiger partial charge in [0, 0.05) is 67.4 Å². The molecule has 2 atom stereocenters. The Labute approximate surface area is 480 Å². The van der Waals surface area contributed by atoms with Gasteiger partial charge in [0.2, 0.25) is 11.8 Å². The third-order valence-electron chi connectivity index (χ3n) is 9.99. The van der Waals surface area contributed by atoms with Gasteiger partial charge in [-0.3, -0.25) is 9.59 Å². The highest BCUT2D eigenvalue weighted by Crippen LogP contribution is 2.24. The summed E-state index contributed by atoms with van der Waals surface area (Å²) in [6.07, 6.45) is 0. The third-order valence-corrected chi connectivity index (χ3v) is 11.3. The first-order valence-corrected chi connectivity index (χ1v) is 25.5. The van der Waals surface area contributed by atoms with Crippen molar-refractivity contribution in [3.63, 3.8) is 0 Å². The molecule has 2 unspecified atom stereocenters. The number of nitrogens with two attached hydrogens (primary N) is 4. The van der Waals surface area contributed by atoms with Gasteiger partial charge in [0.25, 0.3) is 17.8 Å². The molecular weight excluding hydrogens is 1120 g/mol. The minimum Gasteiger partial charge on any atom is -0.399 e. The molecule has 0 aliphatic carbocycles. The smallest absolute Gasteiger partial charge is 0.254 e. The molecule has 0 saturated heterocycles. The zero-order valence-electron chi connectivity index (χ0n) is 43.3. The molecule has 11 N–H and O–H groups in total. The average molecular weight is 1180 g/mol. The minimum absolute atomic E-state index is 0.303. The number of amides is 2. The highest BCUT2D eigenvalue weighted by Gasteiger charge is 2.15. The number of aromatic nitrogens is 12. The van der Waals surface area contributed by atoms with Gasteiger partial charge in [-0.2, -0.15) is 45.2 Å². The molecule has 21 nitrogen and oxygen atoms in total. The van der Waals surface area contributed by atoms with Gasteiger partial charge in [-0.25, -0.2) is 14.0 Å². The number of carbonyl (C=O) groups excluding carboxylic acids is 2. The summed E-state index contributed by atoms with van der Waals surface area (Å²) in [5.41, 5.74) is 28.2. The number of carbonyl (C=O) groups is 2. The molecule has 2 amide bonds. The van der Waals surface area contributed by atoms with Crippen molar-refractivity contribution >= 4 is 116 Å². The number of benzene rings is 3. The van der Waals surface area contributed by atoms with Crippen molar-refractivity contribution in [2.75, 3.05) is 21.7 Å². The normalized spacial score (nSPS) is 11.2. The van der Waals surface area contributed by atoms with Crippen LogP contribution in [-0.4, -0.2) is 83.1 Å². The van der Waals surface area contributed by atoms with Gasteiger partial charge in [0.1, 0.15) is 39.0 Å². The Kier molecular flexibility index (Phi) is 22.5. The molecule has 78 heavy (non-hydrogen) atoms. The number of hydrogen-bond donors (Lipinski definition) is 7. The molecule has 3 aromatic carbocycles. The van der Waals surface area contributed by atoms with Gasteiger partial charge in [0.05, 0.1) is 23.1 Å². The second-order valence-corrected chi connectivity index (χ2v) is 19.4. The van der Waals surface area contributed by atoms with Crippen molar-refractivity contribution in [3.8, 4) is 17.8 Å². The number of aryl methyl sites for hydroxylation is 6. The lowest BCUT2D eigenvalue weighted by atomic mass is 10.3. The Bertz CT molecular complexity index is 3400. The van der Waals surface area contributed by atoms with Crippen molar-refractivity contribution in [2.24, 2.45) is 17.2 Å². The SMILES string of the molecule is CC(N)C(N)=O.Cc1cc(C)n(-c2nc(Cl)cc(Cl)n2)n1.Cc1cc(C)n(-c2nc(Cl)cc(Nc3ccc(Cl)cc3)n2)n1.Cc1cc(C)n(-c2nc(Nc3ccc(Cl)cc3)cc(NC(C)C(N)=O)n2)n1.Nc1ccc(Cl)cc1. The number of nitrogen functional groups attached to an aromatic ring is 1. The number of halogens is 6. The lowest BCUT2D eigenvalue weighted by molar-refractivity contribution is -0.119. The maximum Gasteiger partial charge on any atom is 0.254 e. The summed E-state index contributed by atoms with van der Waals surface area (Å²) in [5.74, 6) is 1.82. The molecule has 0 bridgehead atoms. The van der Waals surface area contributed by atoms with Gasteiger partial charge in [-0.05, 0) is 146 Å². The lowest BCUT2D eigenvalue weighted by Gasteiger charge is -2.14. The lowest BCUT2D eigenvalue weighted by Crippen LogP contribution is -2.33. The highest BCUT2D eigenvalue weighted by atomic mass is 35.5. The molecule has 9 rings (SSSR count). The fourth-order valence-corrected chi connectivity index (χ4v) is 7.29. The van der Waals surface area contributed by atoms with E-state index < -0.39 is 23.9 Å². The molecule has 0 saturated carbocycles. The van der Waals surface area contributed by atoms with Gasteiger partial charge < -0.3 is 38.9 Å². The van der Waals surface area contributed by atoms with Crippen LogP contribution in [0.5, 0.6) is 0 Å². The van der Waals surface area contributed by atoms with Crippen molar-refractivity contribution in [1.29, 1.82) is 0 Å². The molecule has 408 valence electrons. The molecule has 0 aliphatic heterocycles. The van der Waals surface area contributed by atoms with E-state index in [1.54, 1.807) is 88.6 Å². The summed E-state index contributed by atoms with van der Waals surface area (Å²) < 4.78 is 4.91. The van der Waals surface area contributed by atoms with Crippen LogP contribution in [0.25, 0.3) is 17.8 Å². The summed E-state index contributed by atoms with van der Waals surface area (Å²) in [6.45, 7) is 14.7. The Hall–Kier alpha value is -7.63. The Balaban J connectivity index is 0.000000196. The highest BCUT2D eigenvalue weighted by molar-refractivity contribution is 6.33. The third kappa shape index (κ3) is 19.4. The molecule has 27 heteroatoms. The quantitative estimate of drug-likeness (QED) is 0.0468. The summed E-state index contributed by atoms with van der Waals surface area (Å²) in [4.78, 5) is 47.0. The maximum atomic E-state index is 11.4. The van der Waals surface area contributed by atoms with E-state index in [-0.39, 0.29) is 0 Å². The van der Waals surface area contributed by atoms with E-state index >= 15 is 0 Å². The Morgan fingerprint density at radius 3 is 1.12 bits per heavy atom. The number of anilines is 6. The maximum absolute atomic E-state index is 11.4. The predicted octanol–water partition coefficient (Wildman–Crippen LogP) is 10.6. The predicted molar refractivity (Wildman–Crippen MR) is 311 cm³/mol. The zero-order chi connectivity index (χ0) is 57.4. The molecule has 9 aromatic rings. The van der Waals surface area contributed by atoms with E-state index in [0.29, 0.717) is 60.8 Å². The average Bonchev–Trinajstić information content (AvgIpc) is 4.04. The summed E-state index contributed by atoms with van der Waals surface area (Å²) in [5, 5.41) is 25.4. The molecule has 0 aliphatic rings. The summed E-state index contributed by atoms with van der Waals surface area (Å²) in [6, 6.07) is 31.2. The molecule has 0 fully saturated rings. The summed E-state index contributed by atoms with van der Waals surface area (Å²) >= 11 is 35.0. The number of nitrogens with zero attached hydrogens (tertiary/aromatic N) is 12. The van der Waals surface area contributed by atoms with Crippen LogP contribution >= 0.6 is 69.6 Å². The molecular formula is C51H55Cl6N19O2. The fourth-order valence-electron chi connectivity index (χ4n) is 6.32. The Morgan fingerprint density at radius 2 is 0.782 bits per heavy atom. The second-order valence-electron chi connectivity index (χ2n) is 16.9. The van der Waals surface area contributed by atoms with Crippen LogP contribution in [0.15, 0.2) is 109 Å². The molecule has 6 aromatic heterocycles. The van der Waals surface area contributed by atoms with Crippen molar-refractivity contribution in [1.82, 2.24) is 59.2 Å². The van der Waals surface area contributed by atoms with Crippen LogP contribution in [0.3, 0.4) is 0 Å². The zero-order valence-corrected chi connectivity index (χ0v) is 47.8. The second kappa shape index (κ2) is 28.7. The number of rotatable bonds is 11. The first-order chi connectivity index (χ1) is 36.8. The molecule has 0 spiro atoms. The van der Waals surface area contributed by atoms with Crippen molar-refractivity contribution in [2.45, 2.75) is 67.5 Å². The van der Waals surface area contributed by atoms with Crippen molar-refractivity contribution in [3.05, 3.63) is 174 Å². The van der Waals surface area contributed by atoms with Crippen LogP contribution in [0.4, 0.5) is 34.5 Å². The number of hydrogen-bond acceptors (Lipinski definition) is 16. The van der Waals surface area contributed by atoms with Gasteiger partial charge in [-0.1, -0.05) is 69.6 Å². The molecule has 0 radical (unpaired) electrons. The van der Waals surface area contributed by atoms with E-state index in [4.69, 9.17) is 86.8 Å². The van der Waals surface area contributed by atoms with E-state index in [1.807, 2.05) is 84.0 Å². The Morgan fingerprint density at radius 1 is 0.462 bits per heavy atom. The van der Waals surface area contributed by atoms with E-state index in [9.17, 15) is 9.59 Å². The van der Waals surface area contributed by atoms with Crippen LogP contribution in [0.1, 0.15) is 48.0 Å². The number of primary amides is 2. The summed E-state index contributed by atoms with van der Waals surface area (Å²) in [7, 11) is 0.